The van der Waals surface area contributed by atoms with Crippen LogP contribution in [0.3, 0.4) is 0 Å². The van der Waals surface area contributed by atoms with Crippen molar-refractivity contribution in [3.63, 3.8) is 0 Å². The molecule has 1 saturated carbocycles. The Morgan fingerprint density at radius 3 is 2.46 bits per heavy atom. The zero-order valence-corrected chi connectivity index (χ0v) is 16.2. The van der Waals surface area contributed by atoms with Crippen molar-refractivity contribution in [2.45, 2.75) is 51.4 Å². The average Bonchev–Trinajstić information content (AvgIpc) is 3.18. The Bertz CT molecular complexity index is 684. The molecule has 2 aliphatic rings. The van der Waals surface area contributed by atoms with Gasteiger partial charge in [-0.25, -0.2) is 13.6 Å². The van der Waals surface area contributed by atoms with Gasteiger partial charge in [0.25, 0.3) is 0 Å². The Hall–Kier alpha value is -2.18. The summed E-state index contributed by atoms with van der Waals surface area (Å²) >= 11 is 0. The van der Waals surface area contributed by atoms with Crippen LogP contribution < -0.4 is 10.6 Å². The van der Waals surface area contributed by atoms with Crippen LogP contribution in [0.25, 0.3) is 0 Å². The number of piperidine rings is 1. The number of hydrogen-bond acceptors (Lipinski definition) is 2. The highest BCUT2D eigenvalue weighted by molar-refractivity contribution is 5.89. The Kier molecular flexibility index (Phi) is 7.23. The van der Waals surface area contributed by atoms with E-state index in [9.17, 15) is 18.4 Å². The van der Waals surface area contributed by atoms with Gasteiger partial charge in [0.2, 0.25) is 5.91 Å². The molecule has 154 valence electrons. The van der Waals surface area contributed by atoms with Crippen LogP contribution in [-0.2, 0) is 4.79 Å². The lowest BCUT2D eigenvalue weighted by molar-refractivity contribution is -0.122. The number of anilines is 1. The number of nitrogens with one attached hydrogen (secondary N) is 2. The first-order valence-corrected chi connectivity index (χ1v) is 10.3. The number of hydrogen-bond donors (Lipinski definition) is 2. The van der Waals surface area contributed by atoms with Gasteiger partial charge >= 0.3 is 6.03 Å². The fourth-order valence-electron chi connectivity index (χ4n) is 4.18. The summed E-state index contributed by atoms with van der Waals surface area (Å²) in [7, 11) is 0. The second-order valence-corrected chi connectivity index (χ2v) is 7.98. The molecular formula is C21H29F2N3O2. The molecule has 1 aromatic carbocycles. The third-order valence-corrected chi connectivity index (χ3v) is 5.90. The molecule has 28 heavy (non-hydrogen) atoms. The van der Waals surface area contributed by atoms with E-state index < -0.39 is 17.7 Å². The van der Waals surface area contributed by atoms with Crippen LogP contribution in [0.2, 0.25) is 0 Å². The molecule has 0 radical (unpaired) electrons. The van der Waals surface area contributed by atoms with Crippen LogP contribution in [0.4, 0.5) is 19.3 Å². The van der Waals surface area contributed by atoms with Gasteiger partial charge in [0.15, 0.2) is 0 Å². The van der Waals surface area contributed by atoms with Gasteiger partial charge in [-0.05, 0) is 56.1 Å². The van der Waals surface area contributed by atoms with Crippen molar-refractivity contribution in [1.29, 1.82) is 0 Å². The summed E-state index contributed by atoms with van der Waals surface area (Å²) in [6.07, 6.45) is 8.08. The molecule has 0 atom stereocenters. The highest BCUT2D eigenvalue weighted by atomic mass is 19.1. The van der Waals surface area contributed by atoms with Crippen LogP contribution in [0.15, 0.2) is 18.2 Å². The molecule has 2 N–H and O–H groups in total. The summed E-state index contributed by atoms with van der Waals surface area (Å²) in [4.78, 5) is 25.9. The second kappa shape index (κ2) is 9.85. The van der Waals surface area contributed by atoms with Crippen LogP contribution in [0.1, 0.15) is 51.4 Å². The standard InChI is InChI=1S/C21H29F2N3O2/c22-17-5-6-18(23)19(14-17)25-21(28)26-11-8-15(9-12-26)7-10-24-20(27)13-16-3-1-2-4-16/h5-6,14-16H,1-4,7-13H2,(H,24,27)(H,25,28). The lowest BCUT2D eigenvalue weighted by Crippen LogP contribution is -2.41. The molecule has 0 aromatic heterocycles. The van der Waals surface area contributed by atoms with Crippen molar-refractivity contribution in [3.8, 4) is 0 Å². The number of amides is 3. The molecule has 3 rings (SSSR count). The molecule has 2 fully saturated rings. The van der Waals surface area contributed by atoms with Gasteiger partial charge in [-0.2, -0.15) is 0 Å². The molecule has 0 unspecified atom stereocenters. The number of halogens is 2. The summed E-state index contributed by atoms with van der Waals surface area (Å²) in [6.45, 7) is 1.82. The molecule has 0 bridgehead atoms. The molecule has 5 nitrogen and oxygen atoms in total. The van der Waals surface area contributed by atoms with Crippen molar-refractivity contribution in [1.82, 2.24) is 10.2 Å². The maximum Gasteiger partial charge on any atom is 0.321 e. The van der Waals surface area contributed by atoms with Crippen molar-refractivity contribution in [2.24, 2.45) is 11.8 Å². The lowest BCUT2D eigenvalue weighted by Gasteiger charge is -2.32. The van der Waals surface area contributed by atoms with Crippen molar-refractivity contribution in [3.05, 3.63) is 29.8 Å². The fraction of sp³-hybridized carbons (Fsp3) is 0.619. The van der Waals surface area contributed by atoms with E-state index in [4.69, 9.17) is 0 Å². The Labute approximate surface area is 164 Å². The fourth-order valence-corrected chi connectivity index (χ4v) is 4.18. The minimum absolute atomic E-state index is 0.142. The van der Waals surface area contributed by atoms with Gasteiger partial charge in [0.1, 0.15) is 11.6 Å². The monoisotopic (exact) mass is 393 g/mol. The second-order valence-electron chi connectivity index (χ2n) is 7.98. The zero-order chi connectivity index (χ0) is 19.9. The van der Waals surface area contributed by atoms with Crippen LogP contribution in [0.5, 0.6) is 0 Å². The number of urea groups is 1. The number of carbonyl (C=O) groups is 2. The Balaban J connectivity index is 1.34. The summed E-state index contributed by atoms with van der Waals surface area (Å²) in [6, 6.07) is 2.59. The van der Waals surface area contributed by atoms with Crippen LogP contribution >= 0.6 is 0 Å². The Morgan fingerprint density at radius 1 is 1.04 bits per heavy atom. The van der Waals surface area contributed by atoms with Gasteiger partial charge in [-0.1, -0.05) is 12.8 Å². The molecule has 3 amide bonds. The SMILES string of the molecule is O=C(CC1CCCC1)NCCC1CCN(C(=O)Nc2cc(F)ccc2F)CC1. The first-order valence-electron chi connectivity index (χ1n) is 10.3. The lowest BCUT2D eigenvalue weighted by atomic mass is 9.93. The van der Waals surface area contributed by atoms with E-state index in [1.807, 2.05) is 0 Å². The molecule has 1 saturated heterocycles. The zero-order valence-electron chi connectivity index (χ0n) is 16.2. The molecule has 1 heterocycles. The van der Waals surface area contributed by atoms with E-state index >= 15 is 0 Å². The summed E-state index contributed by atoms with van der Waals surface area (Å²) < 4.78 is 26.9. The quantitative estimate of drug-likeness (QED) is 0.757. The minimum atomic E-state index is -0.655. The predicted molar refractivity (Wildman–Crippen MR) is 104 cm³/mol. The van der Waals surface area contributed by atoms with Crippen molar-refractivity contribution >= 4 is 17.6 Å². The number of benzene rings is 1. The Morgan fingerprint density at radius 2 is 1.75 bits per heavy atom. The summed E-state index contributed by atoms with van der Waals surface area (Å²) in [5.74, 6) is -0.0735. The smallest absolute Gasteiger partial charge is 0.321 e. The molecule has 1 aliphatic carbocycles. The topological polar surface area (TPSA) is 61.4 Å². The minimum Gasteiger partial charge on any atom is -0.356 e. The largest absolute Gasteiger partial charge is 0.356 e. The van der Waals surface area contributed by atoms with Gasteiger partial charge in [-0.3, -0.25) is 4.79 Å². The van der Waals surface area contributed by atoms with E-state index in [1.54, 1.807) is 4.90 Å². The van der Waals surface area contributed by atoms with Gasteiger partial charge in [-0.15, -0.1) is 0 Å². The summed E-state index contributed by atoms with van der Waals surface area (Å²) in [5.41, 5.74) is -0.142. The molecule has 0 spiro atoms. The third-order valence-electron chi connectivity index (χ3n) is 5.90. The van der Waals surface area contributed by atoms with Crippen molar-refractivity contribution < 1.29 is 18.4 Å². The molecule has 7 heteroatoms. The van der Waals surface area contributed by atoms with Crippen LogP contribution in [-0.4, -0.2) is 36.5 Å². The first-order chi connectivity index (χ1) is 13.5. The normalized spacial score (nSPS) is 18.3. The number of nitrogens with zero attached hydrogens (tertiary/aromatic N) is 1. The van der Waals surface area contributed by atoms with E-state index in [0.717, 1.165) is 37.5 Å². The number of likely N-dealkylation sites (tertiary alicyclic amines) is 1. The van der Waals surface area contributed by atoms with Gasteiger partial charge in [0, 0.05) is 32.1 Å². The highest BCUT2D eigenvalue weighted by Gasteiger charge is 2.24. The highest BCUT2D eigenvalue weighted by Crippen LogP contribution is 2.27. The first kappa shape index (κ1) is 20.6. The third kappa shape index (κ3) is 5.91. The molecule has 1 aliphatic heterocycles. The van der Waals surface area contributed by atoms with Crippen LogP contribution in [0, 0.1) is 23.5 Å². The predicted octanol–water partition coefficient (Wildman–Crippen LogP) is 4.30. The van der Waals surface area contributed by atoms with Gasteiger partial charge in [0.05, 0.1) is 5.69 Å². The molecule has 1 aromatic rings. The number of rotatable bonds is 6. The van der Waals surface area contributed by atoms with E-state index in [0.29, 0.717) is 37.9 Å². The van der Waals surface area contributed by atoms with E-state index in [-0.39, 0.29) is 11.6 Å². The maximum absolute atomic E-state index is 13.7. The average molecular weight is 393 g/mol. The maximum atomic E-state index is 13.7. The summed E-state index contributed by atoms with van der Waals surface area (Å²) in [5, 5.41) is 5.47. The number of carbonyl (C=O) groups excluding carboxylic acids is 2. The van der Waals surface area contributed by atoms with E-state index in [1.165, 1.54) is 25.7 Å². The van der Waals surface area contributed by atoms with E-state index in [2.05, 4.69) is 10.6 Å². The molecular weight excluding hydrogens is 364 g/mol. The van der Waals surface area contributed by atoms with Crippen molar-refractivity contribution in [2.75, 3.05) is 25.0 Å². The van der Waals surface area contributed by atoms with Gasteiger partial charge < -0.3 is 15.5 Å².